The third-order valence-corrected chi connectivity index (χ3v) is 1.98. The average Bonchev–Trinajstić information content (AvgIpc) is 2.13. The van der Waals surface area contributed by atoms with Gasteiger partial charge in [-0.05, 0) is 5.41 Å². The summed E-state index contributed by atoms with van der Waals surface area (Å²) in [5.74, 6) is -0.883. The smallest absolute Gasteiger partial charge is 0.326 e. The van der Waals surface area contributed by atoms with E-state index in [4.69, 9.17) is 5.11 Å². The molecule has 0 aromatic carbocycles. The Morgan fingerprint density at radius 3 is 2.33 bits per heavy atom. The fourth-order valence-corrected chi connectivity index (χ4v) is 1.19. The van der Waals surface area contributed by atoms with Crippen molar-refractivity contribution in [1.29, 1.82) is 0 Å². The molecule has 0 aliphatic carbocycles. The molecule has 0 bridgehead atoms. The van der Waals surface area contributed by atoms with E-state index in [1.165, 1.54) is 6.33 Å². The zero-order valence-electron chi connectivity index (χ0n) is 9.06. The van der Waals surface area contributed by atoms with Crippen molar-refractivity contribution in [1.82, 2.24) is 9.97 Å². The minimum absolute atomic E-state index is 0.373. The molecule has 82 valence electrons. The molecule has 0 aliphatic heterocycles. The van der Waals surface area contributed by atoms with Gasteiger partial charge in [0, 0.05) is 0 Å². The standard InChI is InChI=1S/C10H15N3O2/c1-10(2,3)8(9(14)15)13-7-4-11-6-12-5-7/h4-6,8,13H,1-3H3,(H,14,15)/t8-/m1/s1. The van der Waals surface area contributed by atoms with E-state index < -0.39 is 12.0 Å². The first-order valence-corrected chi connectivity index (χ1v) is 4.65. The molecule has 15 heavy (non-hydrogen) atoms. The molecule has 1 aromatic rings. The van der Waals surface area contributed by atoms with Gasteiger partial charge in [-0.1, -0.05) is 20.8 Å². The molecule has 1 atom stereocenters. The summed E-state index contributed by atoms with van der Waals surface area (Å²) in [6.07, 6.45) is 4.50. The van der Waals surface area contributed by atoms with Crippen molar-refractivity contribution in [2.75, 3.05) is 5.32 Å². The Hall–Kier alpha value is -1.65. The Morgan fingerprint density at radius 1 is 1.40 bits per heavy atom. The van der Waals surface area contributed by atoms with Gasteiger partial charge in [-0.3, -0.25) is 0 Å². The lowest BCUT2D eigenvalue weighted by Gasteiger charge is -2.28. The maximum Gasteiger partial charge on any atom is 0.326 e. The molecule has 0 unspecified atom stereocenters. The van der Waals surface area contributed by atoms with E-state index >= 15 is 0 Å². The lowest BCUT2D eigenvalue weighted by molar-refractivity contribution is -0.140. The number of rotatable bonds is 3. The van der Waals surface area contributed by atoms with Gasteiger partial charge in [-0.2, -0.15) is 0 Å². The van der Waals surface area contributed by atoms with E-state index in [0.717, 1.165) is 0 Å². The van der Waals surface area contributed by atoms with Crippen molar-refractivity contribution in [2.24, 2.45) is 5.41 Å². The molecule has 2 N–H and O–H groups in total. The van der Waals surface area contributed by atoms with Crippen molar-refractivity contribution in [3.63, 3.8) is 0 Å². The zero-order chi connectivity index (χ0) is 11.5. The number of aliphatic carboxylic acids is 1. The number of nitrogens with zero attached hydrogens (tertiary/aromatic N) is 2. The van der Waals surface area contributed by atoms with Gasteiger partial charge in [0.25, 0.3) is 0 Å². The number of anilines is 1. The van der Waals surface area contributed by atoms with Crippen molar-refractivity contribution in [2.45, 2.75) is 26.8 Å². The molecule has 0 amide bonds. The lowest BCUT2D eigenvalue weighted by Crippen LogP contribution is -2.41. The van der Waals surface area contributed by atoms with Gasteiger partial charge in [-0.15, -0.1) is 0 Å². The molecular formula is C10H15N3O2. The Balaban J connectivity index is 2.82. The van der Waals surface area contributed by atoms with Crippen LogP contribution in [0.5, 0.6) is 0 Å². The van der Waals surface area contributed by atoms with Gasteiger partial charge in [0.15, 0.2) is 0 Å². The van der Waals surface area contributed by atoms with Crippen LogP contribution in [0.2, 0.25) is 0 Å². The van der Waals surface area contributed by atoms with Crippen LogP contribution in [-0.2, 0) is 4.79 Å². The van der Waals surface area contributed by atoms with Crippen LogP contribution >= 0.6 is 0 Å². The number of hydrogen-bond acceptors (Lipinski definition) is 4. The van der Waals surface area contributed by atoms with Crippen LogP contribution in [-0.4, -0.2) is 27.1 Å². The van der Waals surface area contributed by atoms with Crippen LogP contribution in [0.1, 0.15) is 20.8 Å². The van der Waals surface area contributed by atoms with E-state index in [9.17, 15) is 4.79 Å². The number of nitrogens with one attached hydrogen (secondary N) is 1. The summed E-state index contributed by atoms with van der Waals surface area (Å²) in [7, 11) is 0. The second kappa shape index (κ2) is 4.25. The molecule has 0 fully saturated rings. The van der Waals surface area contributed by atoms with Gasteiger partial charge in [0.05, 0.1) is 18.1 Å². The third kappa shape index (κ3) is 3.19. The van der Waals surface area contributed by atoms with E-state index in [2.05, 4.69) is 15.3 Å². The van der Waals surface area contributed by atoms with Crippen LogP contribution < -0.4 is 5.32 Å². The van der Waals surface area contributed by atoms with Crippen LogP contribution in [0.15, 0.2) is 18.7 Å². The number of carboxylic acids is 1. The number of hydrogen-bond donors (Lipinski definition) is 2. The largest absolute Gasteiger partial charge is 0.480 e. The predicted molar refractivity (Wildman–Crippen MR) is 56.5 cm³/mol. The molecule has 0 aliphatic rings. The van der Waals surface area contributed by atoms with Crippen LogP contribution in [0, 0.1) is 5.41 Å². The van der Waals surface area contributed by atoms with Crippen molar-refractivity contribution < 1.29 is 9.90 Å². The Morgan fingerprint density at radius 2 is 1.93 bits per heavy atom. The summed E-state index contributed by atoms with van der Waals surface area (Å²) in [6, 6.07) is -0.663. The second-order valence-corrected chi connectivity index (χ2v) is 4.41. The molecule has 5 heteroatoms. The fraction of sp³-hybridized carbons (Fsp3) is 0.500. The average molecular weight is 209 g/mol. The van der Waals surface area contributed by atoms with E-state index in [-0.39, 0.29) is 5.41 Å². The zero-order valence-corrected chi connectivity index (χ0v) is 9.06. The molecule has 1 heterocycles. The molecule has 0 saturated carbocycles. The molecule has 0 radical (unpaired) electrons. The summed E-state index contributed by atoms with van der Waals surface area (Å²) in [4.78, 5) is 18.7. The molecule has 1 rings (SSSR count). The van der Waals surface area contributed by atoms with Gasteiger partial charge in [0.2, 0.25) is 0 Å². The minimum atomic E-state index is -0.883. The minimum Gasteiger partial charge on any atom is -0.480 e. The highest BCUT2D eigenvalue weighted by molar-refractivity contribution is 5.78. The number of carboxylic acid groups (broad SMARTS) is 1. The number of aromatic nitrogens is 2. The second-order valence-electron chi connectivity index (χ2n) is 4.41. The van der Waals surface area contributed by atoms with Gasteiger partial charge in [0.1, 0.15) is 12.4 Å². The third-order valence-electron chi connectivity index (χ3n) is 1.98. The maximum absolute atomic E-state index is 11.0. The highest BCUT2D eigenvalue weighted by Gasteiger charge is 2.31. The Bertz CT molecular complexity index is 332. The van der Waals surface area contributed by atoms with Crippen LogP contribution in [0.3, 0.4) is 0 Å². The first-order valence-electron chi connectivity index (χ1n) is 4.65. The van der Waals surface area contributed by atoms with Crippen molar-refractivity contribution in [3.8, 4) is 0 Å². The van der Waals surface area contributed by atoms with Gasteiger partial charge >= 0.3 is 5.97 Å². The van der Waals surface area contributed by atoms with Crippen LogP contribution in [0.4, 0.5) is 5.69 Å². The number of carbonyl (C=O) groups is 1. The quantitative estimate of drug-likeness (QED) is 0.786. The van der Waals surface area contributed by atoms with Crippen LogP contribution in [0.25, 0.3) is 0 Å². The molecular weight excluding hydrogens is 194 g/mol. The monoisotopic (exact) mass is 209 g/mol. The molecule has 5 nitrogen and oxygen atoms in total. The van der Waals surface area contributed by atoms with E-state index in [1.54, 1.807) is 12.4 Å². The topological polar surface area (TPSA) is 75.1 Å². The lowest BCUT2D eigenvalue weighted by atomic mass is 9.87. The summed E-state index contributed by atoms with van der Waals surface area (Å²) >= 11 is 0. The van der Waals surface area contributed by atoms with Crippen molar-refractivity contribution >= 4 is 11.7 Å². The summed E-state index contributed by atoms with van der Waals surface area (Å²) < 4.78 is 0. The summed E-state index contributed by atoms with van der Waals surface area (Å²) in [6.45, 7) is 5.59. The van der Waals surface area contributed by atoms with Gasteiger partial charge in [-0.25, -0.2) is 14.8 Å². The molecule has 1 aromatic heterocycles. The Kier molecular flexibility index (Phi) is 3.24. The van der Waals surface area contributed by atoms with E-state index in [0.29, 0.717) is 5.69 Å². The SMILES string of the molecule is CC(C)(C)[C@H](Nc1cncnc1)C(=O)O. The first-order chi connectivity index (χ1) is 6.91. The van der Waals surface area contributed by atoms with Crippen molar-refractivity contribution in [3.05, 3.63) is 18.7 Å². The molecule has 0 spiro atoms. The normalized spacial score (nSPS) is 13.3. The summed E-state index contributed by atoms with van der Waals surface area (Å²) in [5.41, 5.74) is 0.238. The fourth-order valence-electron chi connectivity index (χ4n) is 1.19. The molecule has 0 saturated heterocycles. The van der Waals surface area contributed by atoms with E-state index in [1.807, 2.05) is 20.8 Å². The first kappa shape index (κ1) is 11.4. The highest BCUT2D eigenvalue weighted by Crippen LogP contribution is 2.22. The predicted octanol–water partition coefficient (Wildman–Crippen LogP) is 1.39. The summed E-state index contributed by atoms with van der Waals surface area (Å²) in [5, 5.41) is 12.0. The van der Waals surface area contributed by atoms with Gasteiger partial charge < -0.3 is 10.4 Å². The highest BCUT2D eigenvalue weighted by atomic mass is 16.4. The maximum atomic E-state index is 11.0. The Labute approximate surface area is 88.6 Å².